The lowest BCUT2D eigenvalue weighted by Gasteiger charge is -2.14. The summed E-state index contributed by atoms with van der Waals surface area (Å²) in [5.41, 5.74) is 0.860. The van der Waals surface area contributed by atoms with Gasteiger partial charge in [-0.3, -0.25) is 0 Å². The molecule has 0 saturated carbocycles. The van der Waals surface area contributed by atoms with Crippen molar-refractivity contribution in [2.75, 3.05) is 13.7 Å². The van der Waals surface area contributed by atoms with Crippen LogP contribution >= 0.6 is 11.6 Å². The average molecular weight is 228 g/mol. The lowest BCUT2D eigenvalue weighted by atomic mass is 10.0. The molecule has 1 aromatic rings. The molecule has 15 heavy (non-hydrogen) atoms. The number of rotatable bonds is 2. The maximum absolute atomic E-state index is 9.92. The SMILES string of the molecule is COc1ccc(C2CCCN2)c(O)c1Cl. The van der Waals surface area contributed by atoms with E-state index >= 15 is 0 Å². The molecular formula is C11H14ClNO2. The third kappa shape index (κ3) is 1.90. The molecule has 0 aromatic heterocycles. The molecule has 2 N–H and O–H groups in total. The number of methoxy groups -OCH3 is 1. The summed E-state index contributed by atoms with van der Waals surface area (Å²) in [6.45, 7) is 0.994. The van der Waals surface area contributed by atoms with Crippen LogP contribution in [0.3, 0.4) is 0 Å². The van der Waals surface area contributed by atoms with Gasteiger partial charge in [0, 0.05) is 11.6 Å². The second-order valence-electron chi connectivity index (χ2n) is 3.67. The Kier molecular flexibility index (Phi) is 3.03. The molecule has 0 bridgehead atoms. The van der Waals surface area contributed by atoms with E-state index in [1.807, 2.05) is 6.07 Å². The van der Waals surface area contributed by atoms with Crippen LogP contribution in [-0.4, -0.2) is 18.8 Å². The Morgan fingerprint density at radius 1 is 1.53 bits per heavy atom. The van der Waals surface area contributed by atoms with Crippen molar-refractivity contribution in [1.82, 2.24) is 5.32 Å². The Morgan fingerprint density at radius 2 is 2.33 bits per heavy atom. The minimum Gasteiger partial charge on any atom is -0.506 e. The smallest absolute Gasteiger partial charge is 0.142 e. The van der Waals surface area contributed by atoms with E-state index in [4.69, 9.17) is 16.3 Å². The molecule has 2 rings (SSSR count). The van der Waals surface area contributed by atoms with Crippen LogP contribution in [0.1, 0.15) is 24.4 Å². The Morgan fingerprint density at radius 3 is 2.93 bits per heavy atom. The second-order valence-corrected chi connectivity index (χ2v) is 4.05. The van der Waals surface area contributed by atoms with Gasteiger partial charge in [0.2, 0.25) is 0 Å². The predicted octanol–water partition coefficient (Wildman–Crippen LogP) is 2.48. The Balaban J connectivity index is 2.36. The molecule has 4 heteroatoms. The van der Waals surface area contributed by atoms with Gasteiger partial charge in [-0.25, -0.2) is 0 Å². The van der Waals surface area contributed by atoms with Gasteiger partial charge in [0.15, 0.2) is 0 Å². The number of phenols is 1. The first kappa shape index (κ1) is 10.6. The lowest BCUT2D eigenvalue weighted by molar-refractivity contribution is 0.405. The van der Waals surface area contributed by atoms with Crippen molar-refractivity contribution in [3.05, 3.63) is 22.7 Å². The number of nitrogens with one attached hydrogen (secondary N) is 1. The number of phenolic OH excluding ortho intramolecular Hbond substituents is 1. The first-order valence-electron chi connectivity index (χ1n) is 5.02. The summed E-state index contributed by atoms with van der Waals surface area (Å²) >= 11 is 5.97. The molecule has 1 aromatic carbocycles. The number of hydrogen-bond acceptors (Lipinski definition) is 3. The van der Waals surface area contributed by atoms with Crippen molar-refractivity contribution in [2.45, 2.75) is 18.9 Å². The molecule has 1 fully saturated rings. The first-order chi connectivity index (χ1) is 7.24. The van der Waals surface area contributed by atoms with Crippen LogP contribution < -0.4 is 10.1 Å². The minimum absolute atomic E-state index is 0.135. The number of benzene rings is 1. The quantitative estimate of drug-likeness (QED) is 0.816. The monoisotopic (exact) mass is 227 g/mol. The number of ether oxygens (including phenoxy) is 1. The van der Waals surface area contributed by atoms with Crippen molar-refractivity contribution in [3.63, 3.8) is 0 Å². The third-order valence-corrected chi connectivity index (χ3v) is 3.13. The zero-order chi connectivity index (χ0) is 10.8. The summed E-state index contributed by atoms with van der Waals surface area (Å²) in [7, 11) is 1.54. The van der Waals surface area contributed by atoms with E-state index in [1.54, 1.807) is 6.07 Å². The maximum atomic E-state index is 9.92. The second kappa shape index (κ2) is 4.29. The molecular weight excluding hydrogens is 214 g/mol. The Bertz CT molecular complexity index is 362. The largest absolute Gasteiger partial charge is 0.506 e. The Labute approximate surface area is 94.0 Å². The van der Waals surface area contributed by atoms with E-state index in [2.05, 4.69) is 5.32 Å². The third-order valence-electron chi connectivity index (χ3n) is 2.77. The van der Waals surface area contributed by atoms with Crippen molar-refractivity contribution in [1.29, 1.82) is 0 Å². The normalized spacial score (nSPS) is 20.5. The highest BCUT2D eigenvalue weighted by Crippen LogP contribution is 2.40. The lowest BCUT2D eigenvalue weighted by Crippen LogP contribution is -2.13. The van der Waals surface area contributed by atoms with E-state index < -0.39 is 0 Å². The molecule has 1 aliphatic heterocycles. The highest BCUT2D eigenvalue weighted by Gasteiger charge is 2.21. The summed E-state index contributed by atoms with van der Waals surface area (Å²) in [5.74, 6) is 0.645. The van der Waals surface area contributed by atoms with Crippen molar-refractivity contribution < 1.29 is 9.84 Å². The van der Waals surface area contributed by atoms with E-state index in [-0.39, 0.29) is 11.8 Å². The Hall–Kier alpha value is -0.930. The van der Waals surface area contributed by atoms with E-state index in [9.17, 15) is 5.11 Å². The van der Waals surface area contributed by atoms with Gasteiger partial charge in [0.25, 0.3) is 0 Å². The van der Waals surface area contributed by atoms with Crippen LogP contribution in [0.5, 0.6) is 11.5 Å². The molecule has 1 unspecified atom stereocenters. The molecule has 1 aliphatic rings. The van der Waals surface area contributed by atoms with E-state index in [1.165, 1.54) is 7.11 Å². The van der Waals surface area contributed by atoms with E-state index in [0.717, 1.165) is 24.9 Å². The van der Waals surface area contributed by atoms with Crippen LogP contribution in [0.25, 0.3) is 0 Å². The number of aromatic hydroxyl groups is 1. The van der Waals surface area contributed by atoms with Gasteiger partial charge in [-0.1, -0.05) is 11.6 Å². The summed E-state index contributed by atoms with van der Waals surface area (Å²) in [5, 5.41) is 13.5. The van der Waals surface area contributed by atoms with Crippen LogP contribution in [-0.2, 0) is 0 Å². The number of halogens is 1. The summed E-state index contributed by atoms with van der Waals surface area (Å²) in [6, 6.07) is 3.87. The molecule has 1 heterocycles. The fraction of sp³-hybridized carbons (Fsp3) is 0.455. The molecule has 1 atom stereocenters. The van der Waals surface area contributed by atoms with Gasteiger partial charge in [-0.05, 0) is 31.5 Å². The topological polar surface area (TPSA) is 41.5 Å². The molecule has 3 nitrogen and oxygen atoms in total. The number of hydrogen-bond donors (Lipinski definition) is 2. The molecule has 0 radical (unpaired) electrons. The van der Waals surface area contributed by atoms with Crippen LogP contribution in [0.15, 0.2) is 12.1 Å². The van der Waals surface area contributed by atoms with Gasteiger partial charge in [-0.2, -0.15) is 0 Å². The van der Waals surface area contributed by atoms with Crippen molar-refractivity contribution >= 4 is 11.6 Å². The van der Waals surface area contributed by atoms with Crippen LogP contribution in [0, 0.1) is 0 Å². The standard InChI is InChI=1S/C11H14ClNO2/c1-15-9-5-4-7(11(14)10(9)12)8-3-2-6-13-8/h4-5,8,13-14H,2-3,6H2,1H3. The fourth-order valence-corrected chi connectivity index (χ4v) is 2.20. The highest BCUT2D eigenvalue weighted by atomic mass is 35.5. The van der Waals surface area contributed by atoms with Gasteiger partial charge < -0.3 is 15.2 Å². The van der Waals surface area contributed by atoms with Crippen molar-refractivity contribution in [2.24, 2.45) is 0 Å². The van der Waals surface area contributed by atoms with Gasteiger partial charge >= 0.3 is 0 Å². The average Bonchev–Trinajstić information content (AvgIpc) is 2.75. The molecule has 1 saturated heterocycles. The first-order valence-corrected chi connectivity index (χ1v) is 5.40. The molecule has 0 aliphatic carbocycles. The molecule has 82 valence electrons. The zero-order valence-corrected chi connectivity index (χ0v) is 9.34. The summed E-state index contributed by atoms with van der Waals surface area (Å²) in [4.78, 5) is 0. The summed E-state index contributed by atoms with van der Waals surface area (Å²) in [6.07, 6.45) is 2.17. The van der Waals surface area contributed by atoms with Crippen molar-refractivity contribution in [3.8, 4) is 11.5 Å². The molecule has 0 amide bonds. The minimum atomic E-state index is 0.135. The van der Waals surface area contributed by atoms with Crippen LogP contribution in [0.4, 0.5) is 0 Å². The predicted molar refractivity (Wildman–Crippen MR) is 59.6 cm³/mol. The van der Waals surface area contributed by atoms with Gasteiger partial charge in [0.05, 0.1) is 7.11 Å². The maximum Gasteiger partial charge on any atom is 0.142 e. The van der Waals surface area contributed by atoms with Crippen LogP contribution in [0.2, 0.25) is 5.02 Å². The molecule has 0 spiro atoms. The fourth-order valence-electron chi connectivity index (χ4n) is 1.95. The van der Waals surface area contributed by atoms with E-state index in [0.29, 0.717) is 10.8 Å². The van der Waals surface area contributed by atoms with Gasteiger partial charge in [0.1, 0.15) is 16.5 Å². The highest BCUT2D eigenvalue weighted by molar-refractivity contribution is 6.33. The zero-order valence-electron chi connectivity index (χ0n) is 8.59. The van der Waals surface area contributed by atoms with Gasteiger partial charge in [-0.15, -0.1) is 0 Å². The summed E-state index contributed by atoms with van der Waals surface area (Å²) < 4.78 is 5.03.